The molecule has 1 N–H and O–H groups in total. The summed E-state index contributed by atoms with van der Waals surface area (Å²) in [4.78, 5) is 0. The van der Waals surface area contributed by atoms with Gasteiger partial charge in [0, 0.05) is 7.05 Å². The zero-order chi connectivity index (χ0) is 12.5. The standard InChI is InChI=1S/C12H21ClN2O/c1-8-11(13)9(15(5)14-8)6-7-10(16)12(2,3)4/h10,16H,6-7H2,1-5H3. The van der Waals surface area contributed by atoms with Gasteiger partial charge in [-0.15, -0.1) is 0 Å². The van der Waals surface area contributed by atoms with Crippen LogP contribution in [-0.4, -0.2) is 21.0 Å². The summed E-state index contributed by atoms with van der Waals surface area (Å²) in [5, 5.41) is 14.9. The molecule has 0 saturated heterocycles. The summed E-state index contributed by atoms with van der Waals surface area (Å²) in [6.07, 6.45) is 1.15. The minimum Gasteiger partial charge on any atom is -0.393 e. The van der Waals surface area contributed by atoms with Crippen LogP contribution in [0.15, 0.2) is 0 Å². The van der Waals surface area contributed by atoms with Crippen molar-refractivity contribution in [2.24, 2.45) is 12.5 Å². The highest BCUT2D eigenvalue weighted by atomic mass is 35.5. The number of nitrogens with zero attached hydrogens (tertiary/aromatic N) is 2. The Morgan fingerprint density at radius 3 is 2.38 bits per heavy atom. The Balaban J connectivity index is 2.68. The minimum atomic E-state index is -0.321. The lowest BCUT2D eigenvalue weighted by atomic mass is 9.86. The molecule has 1 aromatic rings. The highest BCUT2D eigenvalue weighted by Gasteiger charge is 2.23. The van der Waals surface area contributed by atoms with Crippen molar-refractivity contribution >= 4 is 11.6 Å². The van der Waals surface area contributed by atoms with E-state index in [1.165, 1.54) is 0 Å². The third kappa shape index (κ3) is 2.98. The molecule has 0 aliphatic rings. The van der Waals surface area contributed by atoms with Crippen molar-refractivity contribution in [1.29, 1.82) is 0 Å². The molecule has 0 radical (unpaired) electrons. The van der Waals surface area contributed by atoms with Crippen LogP contribution >= 0.6 is 11.6 Å². The van der Waals surface area contributed by atoms with Gasteiger partial charge in [0.1, 0.15) is 0 Å². The first kappa shape index (κ1) is 13.5. The van der Waals surface area contributed by atoms with Gasteiger partial charge < -0.3 is 5.11 Å². The Labute approximate surface area is 102 Å². The number of hydrogen-bond donors (Lipinski definition) is 1. The molecule has 0 bridgehead atoms. The first-order valence-corrected chi connectivity index (χ1v) is 5.97. The van der Waals surface area contributed by atoms with Crippen molar-refractivity contribution in [3.63, 3.8) is 0 Å². The molecule has 3 nitrogen and oxygen atoms in total. The van der Waals surface area contributed by atoms with Crippen LogP contribution in [0.3, 0.4) is 0 Å². The maximum atomic E-state index is 9.96. The summed E-state index contributed by atoms with van der Waals surface area (Å²) < 4.78 is 1.80. The van der Waals surface area contributed by atoms with E-state index in [1.807, 2.05) is 34.7 Å². The van der Waals surface area contributed by atoms with E-state index in [1.54, 1.807) is 4.68 Å². The molecule has 1 rings (SSSR count). The van der Waals surface area contributed by atoms with Gasteiger partial charge in [-0.1, -0.05) is 32.4 Å². The minimum absolute atomic E-state index is 0.0832. The largest absolute Gasteiger partial charge is 0.393 e. The van der Waals surface area contributed by atoms with Gasteiger partial charge in [0.25, 0.3) is 0 Å². The van der Waals surface area contributed by atoms with Gasteiger partial charge in [-0.2, -0.15) is 5.10 Å². The summed E-state index contributed by atoms with van der Waals surface area (Å²) in [5.74, 6) is 0. The number of rotatable bonds is 3. The van der Waals surface area contributed by atoms with Crippen molar-refractivity contribution in [2.75, 3.05) is 0 Å². The molecular weight excluding hydrogens is 224 g/mol. The summed E-state index contributed by atoms with van der Waals surface area (Å²) in [6, 6.07) is 0. The maximum absolute atomic E-state index is 9.96. The van der Waals surface area contributed by atoms with E-state index >= 15 is 0 Å². The molecule has 1 atom stereocenters. The van der Waals surface area contributed by atoms with Crippen molar-refractivity contribution in [3.05, 3.63) is 16.4 Å². The lowest BCUT2D eigenvalue weighted by Crippen LogP contribution is -2.26. The highest BCUT2D eigenvalue weighted by Crippen LogP contribution is 2.26. The Hall–Kier alpha value is -0.540. The summed E-state index contributed by atoms with van der Waals surface area (Å²) in [7, 11) is 1.89. The predicted octanol–water partition coefficient (Wildman–Crippen LogP) is 2.72. The van der Waals surface area contributed by atoms with E-state index in [0.717, 1.165) is 22.8 Å². The maximum Gasteiger partial charge on any atom is 0.0846 e. The molecule has 0 amide bonds. The van der Waals surface area contributed by atoms with Crippen LogP contribution in [-0.2, 0) is 13.5 Å². The van der Waals surface area contributed by atoms with Gasteiger partial charge in [0.2, 0.25) is 0 Å². The molecule has 92 valence electrons. The van der Waals surface area contributed by atoms with Gasteiger partial charge >= 0.3 is 0 Å². The van der Waals surface area contributed by atoms with Crippen LogP contribution in [0.5, 0.6) is 0 Å². The van der Waals surface area contributed by atoms with Gasteiger partial charge in [0.05, 0.1) is 22.5 Å². The molecule has 0 fully saturated rings. The molecule has 0 aliphatic carbocycles. The molecule has 0 aliphatic heterocycles. The molecule has 1 aromatic heterocycles. The zero-order valence-electron chi connectivity index (χ0n) is 10.7. The molecule has 16 heavy (non-hydrogen) atoms. The predicted molar refractivity (Wildman–Crippen MR) is 66.7 cm³/mol. The van der Waals surface area contributed by atoms with Gasteiger partial charge in [-0.25, -0.2) is 0 Å². The topological polar surface area (TPSA) is 38.0 Å². The van der Waals surface area contributed by atoms with Crippen LogP contribution in [0, 0.1) is 12.3 Å². The molecule has 0 saturated carbocycles. The van der Waals surface area contributed by atoms with Crippen LogP contribution in [0.4, 0.5) is 0 Å². The van der Waals surface area contributed by atoms with Crippen LogP contribution in [0.25, 0.3) is 0 Å². The van der Waals surface area contributed by atoms with Crippen LogP contribution < -0.4 is 0 Å². The van der Waals surface area contributed by atoms with E-state index in [2.05, 4.69) is 5.10 Å². The lowest BCUT2D eigenvalue weighted by molar-refractivity contribution is 0.0556. The van der Waals surface area contributed by atoms with E-state index in [-0.39, 0.29) is 11.5 Å². The SMILES string of the molecule is Cc1nn(C)c(CCC(O)C(C)(C)C)c1Cl. The van der Waals surface area contributed by atoms with E-state index in [9.17, 15) is 5.11 Å². The molecule has 4 heteroatoms. The number of aliphatic hydroxyl groups is 1. The molecule has 1 heterocycles. The van der Waals surface area contributed by atoms with Gasteiger partial charge in [0.15, 0.2) is 0 Å². The molecule has 1 unspecified atom stereocenters. The van der Waals surface area contributed by atoms with Crippen molar-refractivity contribution in [2.45, 2.75) is 46.6 Å². The fourth-order valence-electron chi connectivity index (χ4n) is 1.66. The van der Waals surface area contributed by atoms with Gasteiger partial charge in [-0.3, -0.25) is 4.68 Å². The Bertz CT molecular complexity index is 366. The van der Waals surface area contributed by atoms with Gasteiger partial charge in [-0.05, 0) is 25.2 Å². The summed E-state index contributed by atoms with van der Waals surface area (Å²) >= 11 is 6.15. The molecule has 0 aromatic carbocycles. The Morgan fingerprint density at radius 1 is 1.44 bits per heavy atom. The summed E-state index contributed by atoms with van der Waals surface area (Å²) in [5.41, 5.74) is 1.77. The Kier molecular flexibility index (Phi) is 4.02. The summed E-state index contributed by atoms with van der Waals surface area (Å²) in [6.45, 7) is 8.00. The highest BCUT2D eigenvalue weighted by molar-refractivity contribution is 6.31. The van der Waals surface area contributed by atoms with Crippen molar-refractivity contribution in [3.8, 4) is 0 Å². The number of aliphatic hydroxyl groups excluding tert-OH is 1. The third-order valence-electron chi connectivity index (χ3n) is 2.92. The first-order valence-electron chi connectivity index (χ1n) is 5.59. The normalized spacial score (nSPS) is 14.2. The van der Waals surface area contributed by atoms with E-state index in [4.69, 9.17) is 11.6 Å². The fourth-order valence-corrected chi connectivity index (χ4v) is 1.91. The van der Waals surface area contributed by atoms with Crippen molar-refractivity contribution < 1.29 is 5.11 Å². The zero-order valence-corrected chi connectivity index (χ0v) is 11.5. The second-order valence-corrected chi connectivity index (χ2v) is 5.77. The van der Waals surface area contributed by atoms with E-state index < -0.39 is 0 Å². The Morgan fingerprint density at radius 2 is 2.00 bits per heavy atom. The van der Waals surface area contributed by atoms with Crippen LogP contribution in [0.2, 0.25) is 5.02 Å². The number of halogens is 1. The van der Waals surface area contributed by atoms with E-state index in [0.29, 0.717) is 6.42 Å². The average molecular weight is 245 g/mol. The van der Waals surface area contributed by atoms with Crippen LogP contribution in [0.1, 0.15) is 38.6 Å². The molecular formula is C12H21ClN2O. The number of aromatic nitrogens is 2. The smallest absolute Gasteiger partial charge is 0.0846 e. The monoisotopic (exact) mass is 244 g/mol. The molecule has 0 spiro atoms. The second kappa shape index (κ2) is 4.76. The first-order chi connectivity index (χ1) is 7.23. The van der Waals surface area contributed by atoms with Crippen molar-refractivity contribution in [1.82, 2.24) is 9.78 Å². The number of aryl methyl sites for hydroxylation is 2. The number of hydrogen-bond acceptors (Lipinski definition) is 2. The quantitative estimate of drug-likeness (QED) is 0.888. The fraction of sp³-hybridized carbons (Fsp3) is 0.750. The lowest BCUT2D eigenvalue weighted by Gasteiger charge is -2.25. The average Bonchev–Trinajstić information content (AvgIpc) is 2.37. The third-order valence-corrected chi connectivity index (χ3v) is 3.41. The second-order valence-electron chi connectivity index (χ2n) is 5.39.